The number of fused-ring (bicyclic) bond motifs is 3. The quantitative estimate of drug-likeness (QED) is 0.720. The molecule has 0 fully saturated rings. The molecule has 118 valence electrons. The van der Waals surface area contributed by atoms with Crippen molar-refractivity contribution in [3.05, 3.63) is 51.6 Å². The minimum Gasteiger partial charge on any atom is -0.365 e. The van der Waals surface area contributed by atoms with Gasteiger partial charge in [-0.25, -0.2) is 9.97 Å². The van der Waals surface area contributed by atoms with E-state index in [0.717, 1.165) is 33.6 Å². The first-order valence-electron chi connectivity index (χ1n) is 7.95. The van der Waals surface area contributed by atoms with Crippen molar-refractivity contribution in [1.29, 1.82) is 0 Å². The van der Waals surface area contributed by atoms with Gasteiger partial charge in [0, 0.05) is 16.4 Å². The third-order valence-electron chi connectivity index (χ3n) is 4.50. The van der Waals surface area contributed by atoms with Crippen LogP contribution in [0.25, 0.3) is 10.2 Å². The van der Waals surface area contributed by atoms with Crippen LogP contribution in [0.15, 0.2) is 30.6 Å². The molecule has 1 aromatic carbocycles. The Hall–Kier alpha value is -1.65. The second-order valence-electron chi connectivity index (χ2n) is 6.20. The number of aromatic nitrogens is 2. The van der Waals surface area contributed by atoms with E-state index < -0.39 is 0 Å². The Bertz CT molecular complexity index is 859. The standard InChI is InChI=1S/C18H18ClN3S/c1-11-6-7-13-15(8-11)23-18-16(13)17(21-10-22-18)20-9-12-4-2-3-5-14(12)19/h2-5,10-11H,6-9H2,1H3,(H,20,21,22). The van der Waals surface area contributed by atoms with E-state index in [1.165, 1.54) is 28.7 Å². The van der Waals surface area contributed by atoms with Gasteiger partial charge >= 0.3 is 0 Å². The van der Waals surface area contributed by atoms with Crippen molar-refractivity contribution in [3.8, 4) is 0 Å². The number of benzene rings is 1. The molecule has 0 radical (unpaired) electrons. The van der Waals surface area contributed by atoms with Crippen LogP contribution in [0, 0.1) is 5.92 Å². The molecule has 1 aliphatic rings. The minimum atomic E-state index is 0.673. The number of nitrogens with zero attached hydrogens (tertiary/aromatic N) is 2. The van der Waals surface area contributed by atoms with Crippen molar-refractivity contribution in [1.82, 2.24) is 9.97 Å². The van der Waals surface area contributed by atoms with Crippen molar-refractivity contribution >= 4 is 39.0 Å². The van der Waals surface area contributed by atoms with Gasteiger partial charge in [0.25, 0.3) is 0 Å². The molecule has 2 aromatic heterocycles. The molecule has 0 saturated carbocycles. The van der Waals surface area contributed by atoms with E-state index in [0.29, 0.717) is 6.54 Å². The van der Waals surface area contributed by atoms with Gasteiger partial charge in [-0.3, -0.25) is 0 Å². The average Bonchev–Trinajstić information content (AvgIpc) is 2.92. The van der Waals surface area contributed by atoms with Crippen LogP contribution >= 0.6 is 22.9 Å². The van der Waals surface area contributed by atoms with Crippen molar-refractivity contribution in [3.63, 3.8) is 0 Å². The Kier molecular flexibility index (Phi) is 3.95. The predicted molar refractivity (Wildman–Crippen MR) is 97.4 cm³/mol. The summed E-state index contributed by atoms with van der Waals surface area (Å²) in [5.41, 5.74) is 2.53. The lowest BCUT2D eigenvalue weighted by atomic mass is 9.89. The molecule has 1 unspecified atom stereocenters. The van der Waals surface area contributed by atoms with E-state index in [4.69, 9.17) is 11.6 Å². The molecule has 0 saturated heterocycles. The topological polar surface area (TPSA) is 37.8 Å². The van der Waals surface area contributed by atoms with Crippen molar-refractivity contribution in [2.24, 2.45) is 5.92 Å². The van der Waals surface area contributed by atoms with Crippen LogP contribution in [0.1, 0.15) is 29.3 Å². The monoisotopic (exact) mass is 343 g/mol. The van der Waals surface area contributed by atoms with Gasteiger partial charge in [0.2, 0.25) is 0 Å². The van der Waals surface area contributed by atoms with Gasteiger partial charge in [-0.05, 0) is 42.4 Å². The molecule has 3 nitrogen and oxygen atoms in total. The summed E-state index contributed by atoms with van der Waals surface area (Å²) < 4.78 is 0. The first kappa shape index (κ1) is 14.9. The van der Waals surface area contributed by atoms with Crippen LogP contribution in [0.3, 0.4) is 0 Å². The van der Waals surface area contributed by atoms with Gasteiger partial charge in [0.1, 0.15) is 17.0 Å². The number of hydrogen-bond donors (Lipinski definition) is 1. The van der Waals surface area contributed by atoms with Crippen LogP contribution in [0.4, 0.5) is 5.82 Å². The summed E-state index contributed by atoms with van der Waals surface area (Å²) in [6, 6.07) is 7.91. The third kappa shape index (κ3) is 2.81. The smallest absolute Gasteiger partial charge is 0.138 e. The summed E-state index contributed by atoms with van der Waals surface area (Å²) in [5.74, 6) is 1.70. The van der Waals surface area contributed by atoms with E-state index in [1.54, 1.807) is 6.33 Å². The molecular formula is C18H18ClN3S. The Labute approximate surface area is 144 Å². The molecule has 1 atom stereocenters. The number of nitrogens with one attached hydrogen (secondary N) is 1. The van der Waals surface area contributed by atoms with Crippen molar-refractivity contribution in [2.75, 3.05) is 5.32 Å². The van der Waals surface area contributed by atoms with Gasteiger partial charge < -0.3 is 5.32 Å². The van der Waals surface area contributed by atoms with Crippen molar-refractivity contribution < 1.29 is 0 Å². The Morgan fingerprint density at radius 3 is 3.04 bits per heavy atom. The van der Waals surface area contributed by atoms with Crippen LogP contribution < -0.4 is 5.32 Å². The number of anilines is 1. The number of aryl methyl sites for hydroxylation is 1. The maximum absolute atomic E-state index is 6.25. The van der Waals surface area contributed by atoms with Gasteiger partial charge in [-0.15, -0.1) is 11.3 Å². The number of halogens is 1. The fraction of sp³-hybridized carbons (Fsp3) is 0.333. The summed E-state index contributed by atoms with van der Waals surface area (Å²) in [6.07, 6.45) is 5.20. The summed E-state index contributed by atoms with van der Waals surface area (Å²) in [6.45, 7) is 3.00. The lowest BCUT2D eigenvalue weighted by Gasteiger charge is -2.18. The highest BCUT2D eigenvalue weighted by atomic mass is 35.5. The predicted octanol–water partition coefficient (Wildman–Crippen LogP) is 5.08. The van der Waals surface area contributed by atoms with Crippen LogP contribution in [0.2, 0.25) is 5.02 Å². The zero-order chi connectivity index (χ0) is 15.8. The fourth-order valence-corrected chi connectivity index (χ4v) is 4.78. The Balaban J connectivity index is 1.69. The van der Waals surface area contributed by atoms with Crippen molar-refractivity contribution in [2.45, 2.75) is 32.7 Å². The first-order chi connectivity index (χ1) is 11.2. The van der Waals surface area contributed by atoms with E-state index in [-0.39, 0.29) is 0 Å². The van der Waals surface area contributed by atoms with Crippen LogP contribution in [-0.4, -0.2) is 9.97 Å². The molecule has 1 N–H and O–H groups in total. The maximum atomic E-state index is 6.25. The van der Waals surface area contributed by atoms with E-state index in [1.807, 2.05) is 35.6 Å². The van der Waals surface area contributed by atoms with Crippen LogP contribution in [0.5, 0.6) is 0 Å². The Morgan fingerprint density at radius 2 is 2.17 bits per heavy atom. The highest BCUT2D eigenvalue weighted by Crippen LogP contribution is 2.39. The van der Waals surface area contributed by atoms with Gasteiger partial charge in [-0.1, -0.05) is 36.7 Å². The summed E-state index contributed by atoms with van der Waals surface area (Å²) >= 11 is 8.07. The van der Waals surface area contributed by atoms with Gasteiger partial charge in [0.05, 0.1) is 5.39 Å². The number of rotatable bonds is 3. The van der Waals surface area contributed by atoms with Gasteiger partial charge in [-0.2, -0.15) is 0 Å². The summed E-state index contributed by atoms with van der Waals surface area (Å²) in [7, 11) is 0. The molecule has 23 heavy (non-hydrogen) atoms. The first-order valence-corrected chi connectivity index (χ1v) is 9.14. The summed E-state index contributed by atoms with van der Waals surface area (Å²) in [5, 5.41) is 5.46. The molecule has 2 heterocycles. The van der Waals surface area contributed by atoms with Crippen LogP contribution in [-0.2, 0) is 19.4 Å². The SMILES string of the molecule is CC1CCc2c(sc3ncnc(NCc4ccccc4Cl)c23)C1. The zero-order valence-electron chi connectivity index (χ0n) is 13.0. The Morgan fingerprint density at radius 1 is 1.30 bits per heavy atom. The molecule has 1 aliphatic carbocycles. The number of thiophene rings is 1. The molecule has 3 aromatic rings. The average molecular weight is 344 g/mol. The highest BCUT2D eigenvalue weighted by Gasteiger charge is 2.22. The largest absolute Gasteiger partial charge is 0.365 e. The normalized spacial score (nSPS) is 17.2. The molecule has 0 spiro atoms. The lowest BCUT2D eigenvalue weighted by molar-refractivity contribution is 0.509. The maximum Gasteiger partial charge on any atom is 0.138 e. The molecule has 0 amide bonds. The third-order valence-corrected chi connectivity index (χ3v) is 6.03. The second kappa shape index (κ2) is 6.10. The fourth-order valence-electron chi connectivity index (χ4n) is 3.23. The highest BCUT2D eigenvalue weighted by molar-refractivity contribution is 7.19. The molecule has 0 bridgehead atoms. The van der Waals surface area contributed by atoms with Gasteiger partial charge in [0.15, 0.2) is 0 Å². The minimum absolute atomic E-state index is 0.673. The molecule has 0 aliphatic heterocycles. The van der Waals surface area contributed by atoms with E-state index in [9.17, 15) is 0 Å². The molecule has 4 rings (SSSR count). The molecular weight excluding hydrogens is 326 g/mol. The lowest BCUT2D eigenvalue weighted by Crippen LogP contribution is -2.09. The summed E-state index contributed by atoms with van der Waals surface area (Å²) in [4.78, 5) is 11.6. The number of hydrogen-bond acceptors (Lipinski definition) is 4. The second-order valence-corrected chi connectivity index (χ2v) is 7.69. The molecule has 5 heteroatoms. The van der Waals surface area contributed by atoms with E-state index in [2.05, 4.69) is 22.2 Å². The van der Waals surface area contributed by atoms with E-state index >= 15 is 0 Å². The zero-order valence-corrected chi connectivity index (χ0v) is 14.5.